The molecular formula is C12H12Br2N2O2. The Balaban J connectivity index is 2.12. The van der Waals surface area contributed by atoms with Crippen LogP contribution in [0.25, 0.3) is 0 Å². The van der Waals surface area contributed by atoms with Gasteiger partial charge in [-0.25, -0.2) is 0 Å². The van der Waals surface area contributed by atoms with Crippen LogP contribution in [0.4, 0.5) is 0 Å². The van der Waals surface area contributed by atoms with Crippen molar-refractivity contribution in [3.63, 3.8) is 0 Å². The molecule has 1 aliphatic heterocycles. The van der Waals surface area contributed by atoms with Gasteiger partial charge in [0, 0.05) is 34.9 Å². The van der Waals surface area contributed by atoms with Crippen LogP contribution in [-0.2, 0) is 0 Å². The number of carbonyl (C=O) groups is 1. The summed E-state index contributed by atoms with van der Waals surface area (Å²) < 4.78 is 1.71. The zero-order chi connectivity index (χ0) is 13.1. The lowest BCUT2D eigenvalue weighted by molar-refractivity contribution is 0.0753. The highest BCUT2D eigenvalue weighted by Gasteiger charge is 2.22. The summed E-state index contributed by atoms with van der Waals surface area (Å²) in [6.45, 7) is 1.20. The van der Waals surface area contributed by atoms with Gasteiger partial charge in [-0.1, -0.05) is 21.1 Å². The molecule has 0 saturated carbocycles. The number of benzene rings is 1. The number of hydrogen-bond donors (Lipinski definition) is 1. The molecule has 1 N–H and O–H groups in total. The average Bonchev–Trinajstić information content (AvgIpc) is 2.38. The number of piperidine rings is 1. The molecule has 0 aliphatic carbocycles. The second-order valence-electron chi connectivity index (χ2n) is 4.08. The van der Waals surface area contributed by atoms with Gasteiger partial charge >= 0.3 is 0 Å². The fourth-order valence-electron chi connectivity index (χ4n) is 1.90. The number of rotatable bonds is 1. The molecule has 1 aromatic rings. The molecule has 1 amide bonds. The monoisotopic (exact) mass is 374 g/mol. The number of carbonyl (C=O) groups excluding carboxylic acids is 1. The maximum absolute atomic E-state index is 12.3. The van der Waals surface area contributed by atoms with Crippen molar-refractivity contribution in [2.24, 2.45) is 5.16 Å². The van der Waals surface area contributed by atoms with E-state index in [1.165, 1.54) is 0 Å². The predicted molar refractivity (Wildman–Crippen MR) is 76.2 cm³/mol. The predicted octanol–water partition coefficient (Wildman–Crippen LogP) is 3.28. The Hall–Kier alpha value is -0.880. The Labute approximate surface area is 122 Å². The highest BCUT2D eigenvalue weighted by molar-refractivity contribution is 9.11. The molecule has 1 heterocycles. The van der Waals surface area contributed by atoms with Gasteiger partial charge in [0.2, 0.25) is 0 Å². The van der Waals surface area contributed by atoms with Gasteiger partial charge in [0.05, 0.1) is 11.3 Å². The van der Waals surface area contributed by atoms with E-state index in [1.54, 1.807) is 11.0 Å². The highest BCUT2D eigenvalue weighted by Crippen LogP contribution is 2.24. The van der Waals surface area contributed by atoms with Crippen molar-refractivity contribution < 1.29 is 10.0 Å². The summed E-state index contributed by atoms with van der Waals surface area (Å²) >= 11 is 6.76. The van der Waals surface area contributed by atoms with Gasteiger partial charge in [-0.2, -0.15) is 0 Å². The molecule has 1 fully saturated rings. The van der Waals surface area contributed by atoms with Gasteiger partial charge in [-0.05, 0) is 34.1 Å². The fourth-order valence-corrected chi connectivity index (χ4v) is 3.12. The summed E-state index contributed by atoms with van der Waals surface area (Å²) in [6.07, 6.45) is 1.27. The first-order valence-electron chi connectivity index (χ1n) is 5.56. The summed E-state index contributed by atoms with van der Waals surface area (Å²) in [5.41, 5.74) is 1.41. The van der Waals surface area contributed by atoms with Crippen molar-refractivity contribution in [3.8, 4) is 0 Å². The van der Waals surface area contributed by atoms with E-state index < -0.39 is 0 Å². The average molecular weight is 376 g/mol. The largest absolute Gasteiger partial charge is 0.411 e. The standard InChI is InChI=1S/C12H12Br2N2O2/c13-8-1-2-10(11(14)7-8)12(17)16-5-3-9(15-18)4-6-16/h1-2,7,18H,3-6H2. The summed E-state index contributed by atoms with van der Waals surface area (Å²) in [7, 11) is 0. The summed E-state index contributed by atoms with van der Waals surface area (Å²) in [5.74, 6) is 0.00589. The van der Waals surface area contributed by atoms with Gasteiger partial charge in [-0.3, -0.25) is 4.79 Å². The minimum Gasteiger partial charge on any atom is -0.411 e. The zero-order valence-electron chi connectivity index (χ0n) is 9.57. The van der Waals surface area contributed by atoms with E-state index >= 15 is 0 Å². The Morgan fingerprint density at radius 3 is 2.50 bits per heavy atom. The molecule has 0 radical (unpaired) electrons. The first kappa shape index (κ1) is 13.5. The van der Waals surface area contributed by atoms with Gasteiger partial charge in [-0.15, -0.1) is 0 Å². The summed E-state index contributed by atoms with van der Waals surface area (Å²) in [4.78, 5) is 14.1. The van der Waals surface area contributed by atoms with Crippen molar-refractivity contribution >= 4 is 43.5 Å². The van der Waals surface area contributed by atoms with Crippen LogP contribution in [0.3, 0.4) is 0 Å². The second kappa shape index (κ2) is 5.84. The highest BCUT2D eigenvalue weighted by atomic mass is 79.9. The van der Waals surface area contributed by atoms with Crippen LogP contribution < -0.4 is 0 Å². The lowest BCUT2D eigenvalue weighted by Crippen LogP contribution is -2.38. The van der Waals surface area contributed by atoms with Crippen LogP contribution in [0.15, 0.2) is 32.3 Å². The van der Waals surface area contributed by atoms with E-state index in [-0.39, 0.29) is 5.91 Å². The number of hydrogen-bond acceptors (Lipinski definition) is 3. The number of oxime groups is 1. The molecule has 1 saturated heterocycles. The third-order valence-corrected chi connectivity index (χ3v) is 4.08. The van der Waals surface area contributed by atoms with Gasteiger partial charge in [0.25, 0.3) is 5.91 Å². The number of likely N-dealkylation sites (tertiary alicyclic amines) is 1. The minimum atomic E-state index is 0.00589. The van der Waals surface area contributed by atoms with Crippen molar-refractivity contribution in [2.45, 2.75) is 12.8 Å². The second-order valence-corrected chi connectivity index (χ2v) is 5.85. The van der Waals surface area contributed by atoms with Crippen molar-refractivity contribution in [1.82, 2.24) is 4.90 Å². The molecular weight excluding hydrogens is 364 g/mol. The lowest BCUT2D eigenvalue weighted by atomic mass is 10.1. The van der Waals surface area contributed by atoms with E-state index in [2.05, 4.69) is 37.0 Å². The summed E-state index contributed by atoms with van der Waals surface area (Å²) in [5, 5.41) is 11.9. The molecule has 0 spiro atoms. The molecule has 2 rings (SSSR count). The number of halogens is 2. The maximum Gasteiger partial charge on any atom is 0.255 e. The first-order valence-corrected chi connectivity index (χ1v) is 7.14. The molecule has 1 aromatic carbocycles. The summed E-state index contributed by atoms with van der Waals surface area (Å²) in [6, 6.07) is 5.51. The quantitative estimate of drug-likeness (QED) is 0.604. The lowest BCUT2D eigenvalue weighted by Gasteiger charge is -2.27. The van der Waals surface area contributed by atoms with E-state index in [1.807, 2.05) is 12.1 Å². The normalized spacial score (nSPS) is 15.7. The fraction of sp³-hybridized carbons (Fsp3) is 0.333. The third kappa shape index (κ3) is 2.92. The Bertz CT molecular complexity index is 493. The molecule has 0 aromatic heterocycles. The van der Waals surface area contributed by atoms with E-state index in [4.69, 9.17) is 5.21 Å². The molecule has 0 bridgehead atoms. The van der Waals surface area contributed by atoms with Crippen molar-refractivity contribution in [3.05, 3.63) is 32.7 Å². The van der Waals surface area contributed by atoms with Gasteiger partial charge in [0.15, 0.2) is 0 Å². The van der Waals surface area contributed by atoms with Crippen LogP contribution in [0.1, 0.15) is 23.2 Å². The number of nitrogens with zero attached hydrogens (tertiary/aromatic N) is 2. The molecule has 4 nitrogen and oxygen atoms in total. The third-order valence-electron chi connectivity index (χ3n) is 2.93. The Kier molecular flexibility index (Phi) is 4.40. The maximum atomic E-state index is 12.3. The van der Waals surface area contributed by atoms with Crippen LogP contribution in [0.2, 0.25) is 0 Å². The van der Waals surface area contributed by atoms with E-state index in [0.29, 0.717) is 31.5 Å². The van der Waals surface area contributed by atoms with Crippen LogP contribution in [0.5, 0.6) is 0 Å². The van der Waals surface area contributed by atoms with Crippen molar-refractivity contribution in [1.29, 1.82) is 0 Å². The van der Waals surface area contributed by atoms with E-state index in [0.717, 1.165) is 14.7 Å². The SMILES string of the molecule is O=C(c1ccc(Br)cc1Br)N1CCC(=NO)CC1. The van der Waals surface area contributed by atoms with Gasteiger partial charge < -0.3 is 10.1 Å². The first-order chi connectivity index (χ1) is 8.61. The molecule has 96 valence electrons. The molecule has 0 unspecified atom stereocenters. The molecule has 1 aliphatic rings. The smallest absolute Gasteiger partial charge is 0.255 e. The Morgan fingerprint density at radius 2 is 1.94 bits per heavy atom. The van der Waals surface area contributed by atoms with Crippen LogP contribution >= 0.6 is 31.9 Å². The molecule has 6 heteroatoms. The van der Waals surface area contributed by atoms with Crippen molar-refractivity contribution in [2.75, 3.05) is 13.1 Å². The van der Waals surface area contributed by atoms with Gasteiger partial charge in [0.1, 0.15) is 0 Å². The van der Waals surface area contributed by atoms with Crippen LogP contribution in [-0.4, -0.2) is 34.8 Å². The zero-order valence-corrected chi connectivity index (χ0v) is 12.7. The number of amides is 1. The van der Waals surface area contributed by atoms with Crippen LogP contribution in [0, 0.1) is 0 Å². The topological polar surface area (TPSA) is 52.9 Å². The Morgan fingerprint density at radius 1 is 1.28 bits per heavy atom. The molecule has 0 atom stereocenters. The van der Waals surface area contributed by atoms with E-state index in [9.17, 15) is 4.79 Å². The minimum absolute atomic E-state index is 0.00589. The molecule has 18 heavy (non-hydrogen) atoms.